The number of hydrogen-bond donors (Lipinski definition) is 0. The zero-order chi connectivity index (χ0) is 19.2. The van der Waals surface area contributed by atoms with E-state index in [4.69, 9.17) is 0 Å². The minimum atomic E-state index is -3.38. The van der Waals surface area contributed by atoms with E-state index in [-0.39, 0.29) is 17.3 Å². The zero-order valence-corrected chi connectivity index (χ0v) is 15.7. The Morgan fingerprint density at radius 2 is 1.85 bits per heavy atom. The maximum Gasteiger partial charge on any atom is 0.177 e. The Hall–Kier alpha value is -2.93. The van der Waals surface area contributed by atoms with Gasteiger partial charge in [0.05, 0.1) is 17.6 Å². The lowest BCUT2D eigenvalue weighted by atomic mass is 10.1. The minimum absolute atomic E-state index is 0.245. The van der Waals surface area contributed by atoms with Crippen molar-refractivity contribution in [2.24, 2.45) is 7.05 Å². The van der Waals surface area contributed by atoms with Gasteiger partial charge in [-0.15, -0.1) is 0 Å². The highest BCUT2D eigenvalue weighted by molar-refractivity contribution is 7.91. The van der Waals surface area contributed by atoms with Crippen molar-refractivity contribution in [3.05, 3.63) is 72.4 Å². The number of aromatic nitrogens is 3. The molecule has 0 fully saturated rings. The Balaban J connectivity index is 1.75. The molecule has 0 saturated carbocycles. The Morgan fingerprint density at radius 1 is 1.07 bits per heavy atom. The van der Waals surface area contributed by atoms with Gasteiger partial charge in [-0.05, 0) is 17.7 Å². The monoisotopic (exact) mass is 383 g/mol. The first kappa shape index (κ1) is 17.5. The van der Waals surface area contributed by atoms with Crippen LogP contribution < -0.4 is 0 Å². The SMILES string of the molecule is Cn1cc(-c2ccc(Cn3cc(S(C)(=O)=O)c4ccccc43)c(F)c2)cn1. The molecule has 0 radical (unpaired) electrons. The second kappa shape index (κ2) is 6.35. The Bertz CT molecular complexity index is 1260. The van der Waals surface area contributed by atoms with Crippen molar-refractivity contribution in [3.63, 3.8) is 0 Å². The second-order valence-electron chi connectivity index (χ2n) is 6.62. The van der Waals surface area contributed by atoms with E-state index in [1.165, 1.54) is 12.3 Å². The van der Waals surface area contributed by atoms with E-state index >= 15 is 0 Å². The van der Waals surface area contributed by atoms with E-state index in [0.717, 1.165) is 16.6 Å². The molecular formula is C20H18FN3O2S. The highest BCUT2D eigenvalue weighted by Gasteiger charge is 2.17. The van der Waals surface area contributed by atoms with Gasteiger partial charge in [0.25, 0.3) is 0 Å². The molecule has 0 aliphatic rings. The molecular weight excluding hydrogens is 365 g/mol. The maximum absolute atomic E-state index is 14.7. The van der Waals surface area contributed by atoms with E-state index < -0.39 is 9.84 Å². The summed E-state index contributed by atoms with van der Waals surface area (Å²) in [6.45, 7) is 0.245. The first-order valence-corrected chi connectivity index (χ1v) is 10.3. The molecule has 0 amide bonds. The van der Waals surface area contributed by atoms with Crippen molar-refractivity contribution in [3.8, 4) is 11.1 Å². The van der Waals surface area contributed by atoms with Gasteiger partial charge in [-0.2, -0.15) is 5.10 Å². The quantitative estimate of drug-likeness (QED) is 0.541. The predicted molar refractivity (Wildman–Crippen MR) is 103 cm³/mol. The molecule has 0 aliphatic heterocycles. The van der Waals surface area contributed by atoms with Gasteiger partial charge in [0.15, 0.2) is 9.84 Å². The molecule has 0 aliphatic carbocycles. The van der Waals surface area contributed by atoms with Crippen LogP contribution in [-0.4, -0.2) is 29.0 Å². The number of rotatable bonds is 4. The van der Waals surface area contributed by atoms with Crippen molar-refractivity contribution in [1.29, 1.82) is 0 Å². The minimum Gasteiger partial charge on any atom is -0.342 e. The van der Waals surface area contributed by atoms with E-state index in [1.54, 1.807) is 39.8 Å². The molecule has 138 valence electrons. The summed E-state index contributed by atoms with van der Waals surface area (Å²) in [4.78, 5) is 0.255. The summed E-state index contributed by atoms with van der Waals surface area (Å²) >= 11 is 0. The summed E-state index contributed by atoms with van der Waals surface area (Å²) in [5.41, 5.74) is 2.84. The lowest BCUT2D eigenvalue weighted by Crippen LogP contribution is -2.01. The topological polar surface area (TPSA) is 56.9 Å². The van der Waals surface area contributed by atoms with E-state index in [9.17, 15) is 12.8 Å². The normalized spacial score (nSPS) is 12.0. The summed E-state index contributed by atoms with van der Waals surface area (Å²) in [5, 5.41) is 4.75. The van der Waals surface area contributed by atoms with Crippen LogP contribution in [0.5, 0.6) is 0 Å². The van der Waals surface area contributed by atoms with Crippen LogP contribution in [0.1, 0.15) is 5.56 Å². The van der Waals surface area contributed by atoms with Crippen molar-refractivity contribution in [2.45, 2.75) is 11.4 Å². The smallest absolute Gasteiger partial charge is 0.177 e. The number of sulfone groups is 1. The van der Waals surface area contributed by atoms with E-state index in [1.807, 2.05) is 31.4 Å². The van der Waals surface area contributed by atoms with Crippen LogP contribution >= 0.6 is 0 Å². The molecule has 2 aromatic heterocycles. The van der Waals surface area contributed by atoms with Crippen molar-refractivity contribution in [1.82, 2.24) is 14.3 Å². The number of benzene rings is 2. The van der Waals surface area contributed by atoms with Gasteiger partial charge in [-0.25, -0.2) is 12.8 Å². The van der Waals surface area contributed by atoms with Crippen LogP contribution in [0, 0.1) is 5.82 Å². The van der Waals surface area contributed by atoms with Gasteiger partial charge in [0, 0.05) is 47.7 Å². The molecule has 5 nitrogen and oxygen atoms in total. The van der Waals surface area contributed by atoms with Crippen LogP contribution in [0.15, 0.2) is 66.0 Å². The standard InChI is InChI=1S/C20H18FN3O2S/c1-23-11-16(10-22-23)14-7-8-15(18(21)9-14)12-24-13-20(27(2,25)26)17-5-3-4-6-19(17)24/h3-11,13H,12H2,1-2H3. The van der Waals surface area contributed by atoms with Gasteiger partial charge >= 0.3 is 0 Å². The van der Waals surface area contributed by atoms with Gasteiger partial charge in [0.2, 0.25) is 0 Å². The van der Waals surface area contributed by atoms with Crippen LogP contribution in [0.3, 0.4) is 0 Å². The summed E-state index contributed by atoms with van der Waals surface area (Å²) in [5.74, 6) is -0.338. The maximum atomic E-state index is 14.7. The number of nitrogens with zero attached hydrogens (tertiary/aromatic N) is 3. The molecule has 4 rings (SSSR count). The molecule has 0 N–H and O–H groups in total. The summed E-state index contributed by atoms with van der Waals surface area (Å²) in [6, 6.07) is 12.3. The van der Waals surface area contributed by atoms with Crippen LogP contribution in [0.25, 0.3) is 22.0 Å². The average molecular weight is 383 g/mol. The summed E-state index contributed by atoms with van der Waals surface area (Å²) in [6.07, 6.45) is 6.27. The summed E-state index contributed by atoms with van der Waals surface area (Å²) < 4.78 is 42.3. The van der Waals surface area contributed by atoms with Crippen molar-refractivity contribution < 1.29 is 12.8 Å². The second-order valence-corrected chi connectivity index (χ2v) is 8.60. The van der Waals surface area contributed by atoms with E-state index in [0.29, 0.717) is 10.9 Å². The zero-order valence-electron chi connectivity index (χ0n) is 14.9. The molecule has 0 unspecified atom stereocenters. The predicted octanol–water partition coefficient (Wildman–Crippen LogP) is 3.63. The Morgan fingerprint density at radius 3 is 2.52 bits per heavy atom. The van der Waals surface area contributed by atoms with E-state index in [2.05, 4.69) is 5.10 Å². The fourth-order valence-electron chi connectivity index (χ4n) is 3.25. The van der Waals surface area contributed by atoms with Crippen molar-refractivity contribution in [2.75, 3.05) is 6.26 Å². The van der Waals surface area contributed by atoms with Crippen LogP contribution in [0.4, 0.5) is 4.39 Å². The molecule has 2 aromatic carbocycles. The lowest BCUT2D eigenvalue weighted by Gasteiger charge is -2.08. The highest BCUT2D eigenvalue weighted by Crippen LogP contribution is 2.27. The molecule has 0 spiro atoms. The third kappa shape index (κ3) is 3.26. The fraction of sp³-hybridized carbons (Fsp3) is 0.150. The number of halogens is 1. The van der Waals surface area contributed by atoms with Gasteiger partial charge < -0.3 is 4.57 Å². The van der Waals surface area contributed by atoms with Gasteiger partial charge in [-0.3, -0.25) is 4.68 Å². The third-order valence-electron chi connectivity index (χ3n) is 4.58. The number of aryl methyl sites for hydroxylation is 1. The highest BCUT2D eigenvalue weighted by atomic mass is 32.2. The third-order valence-corrected chi connectivity index (χ3v) is 5.71. The van der Waals surface area contributed by atoms with Gasteiger partial charge in [-0.1, -0.05) is 30.3 Å². The van der Waals surface area contributed by atoms with Crippen LogP contribution in [-0.2, 0) is 23.4 Å². The van der Waals surface area contributed by atoms with Crippen LogP contribution in [0.2, 0.25) is 0 Å². The Kier molecular flexibility index (Phi) is 4.11. The largest absolute Gasteiger partial charge is 0.342 e. The molecule has 7 heteroatoms. The molecule has 0 atom stereocenters. The van der Waals surface area contributed by atoms with Crippen molar-refractivity contribution >= 4 is 20.7 Å². The number of para-hydroxylation sites is 1. The molecule has 4 aromatic rings. The lowest BCUT2D eigenvalue weighted by molar-refractivity contribution is 0.599. The van der Waals surface area contributed by atoms with Gasteiger partial charge in [0.1, 0.15) is 5.82 Å². The number of fused-ring (bicyclic) bond motifs is 1. The summed E-state index contributed by atoms with van der Waals surface area (Å²) in [7, 11) is -1.57. The molecule has 27 heavy (non-hydrogen) atoms. The average Bonchev–Trinajstić information content (AvgIpc) is 3.21. The first-order chi connectivity index (χ1) is 12.8. The Labute approximate surface area is 156 Å². The molecule has 0 saturated heterocycles. The number of hydrogen-bond acceptors (Lipinski definition) is 3. The molecule has 0 bridgehead atoms. The molecule has 2 heterocycles. The fourth-order valence-corrected chi connectivity index (χ4v) is 4.14. The first-order valence-electron chi connectivity index (χ1n) is 8.38.